The van der Waals surface area contributed by atoms with E-state index < -0.39 is 46.1 Å². The monoisotopic (exact) mass is 535 g/mol. The first-order chi connectivity index (χ1) is 15.9. The Morgan fingerprint density at radius 1 is 1.06 bits per heavy atom. The van der Waals surface area contributed by atoms with Gasteiger partial charge in [-0.1, -0.05) is 36.2 Å². The molecule has 0 saturated carbocycles. The Hall–Kier alpha value is -2.43. The molecule has 0 saturated heterocycles. The molecule has 1 N–H and O–H groups in total. The van der Waals surface area contributed by atoms with Crippen LogP contribution in [-0.4, -0.2) is 50.5 Å². The van der Waals surface area contributed by atoms with E-state index in [9.17, 15) is 26.8 Å². The van der Waals surface area contributed by atoms with Gasteiger partial charge in [-0.05, 0) is 37.6 Å². The average Bonchev–Trinajstić information content (AvgIpc) is 2.75. The van der Waals surface area contributed by atoms with E-state index in [-0.39, 0.29) is 28.7 Å². The molecule has 0 aliphatic carbocycles. The maximum absolute atomic E-state index is 13.8. The van der Waals surface area contributed by atoms with Crippen molar-refractivity contribution in [3.63, 3.8) is 0 Å². The number of hydrogen-bond donors (Lipinski definition) is 1. The number of carbonyl (C=O) groups is 2. The second-order valence-corrected chi connectivity index (χ2v) is 10.1. The van der Waals surface area contributed by atoms with Crippen LogP contribution in [0, 0.1) is 11.6 Å². The molecule has 0 heterocycles. The van der Waals surface area contributed by atoms with Crippen LogP contribution >= 0.6 is 23.2 Å². The zero-order valence-corrected chi connectivity index (χ0v) is 21.1. The van der Waals surface area contributed by atoms with Gasteiger partial charge in [0.15, 0.2) is 11.6 Å². The van der Waals surface area contributed by atoms with Crippen molar-refractivity contribution in [1.82, 2.24) is 10.2 Å². The molecule has 186 valence electrons. The molecule has 0 spiro atoms. The predicted octanol–water partition coefficient (Wildman–Crippen LogP) is 3.98. The lowest BCUT2D eigenvalue weighted by Gasteiger charge is -2.33. The van der Waals surface area contributed by atoms with Crippen LogP contribution < -0.4 is 9.62 Å². The van der Waals surface area contributed by atoms with Crippen molar-refractivity contribution in [3.8, 4) is 0 Å². The van der Waals surface area contributed by atoms with Gasteiger partial charge in [0, 0.05) is 34.8 Å². The fourth-order valence-corrected chi connectivity index (χ4v) is 4.68. The smallest absolute Gasteiger partial charge is 0.244 e. The van der Waals surface area contributed by atoms with Crippen molar-refractivity contribution >= 4 is 50.7 Å². The topological polar surface area (TPSA) is 86.8 Å². The molecule has 1 atom stereocenters. The molecular weight excluding hydrogens is 511 g/mol. The van der Waals surface area contributed by atoms with Gasteiger partial charge < -0.3 is 10.2 Å². The van der Waals surface area contributed by atoms with E-state index in [0.29, 0.717) is 22.5 Å². The number of halogens is 4. The van der Waals surface area contributed by atoms with E-state index in [1.807, 2.05) is 0 Å². The van der Waals surface area contributed by atoms with E-state index in [1.165, 1.54) is 4.90 Å². The van der Waals surface area contributed by atoms with Crippen molar-refractivity contribution in [2.45, 2.75) is 32.9 Å². The van der Waals surface area contributed by atoms with Gasteiger partial charge in [-0.25, -0.2) is 17.2 Å². The van der Waals surface area contributed by atoms with Crippen molar-refractivity contribution in [2.24, 2.45) is 0 Å². The lowest BCUT2D eigenvalue weighted by molar-refractivity contribution is -0.140. The second-order valence-electron chi connectivity index (χ2n) is 7.41. The van der Waals surface area contributed by atoms with Crippen molar-refractivity contribution in [1.29, 1.82) is 0 Å². The first-order valence-corrected chi connectivity index (χ1v) is 12.9. The third-order valence-electron chi connectivity index (χ3n) is 5.00. The summed E-state index contributed by atoms with van der Waals surface area (Å²) in [5.74, 6) is -3.64. The zero-order chi connectivity index (χ0) is 25.6. The first kappa shape index (κ1) is 27.8. The molecule has 0 aromatic heterocycles. The number of anilines is 1. The summed E-state index contributed by atoms with van der Waals surface area (Å²) in [5, 5.41) is 3.18. The number of nitrogens with one attached hydrogen (secondary N) is 1. The molecule has 2 rings (SSSR count). The fraction of sp³-hybridized carbons (Fsp3) is 0.364. The Balaban J connectivity index is 2.51. The van der Waals surface area contributed by atoms with E-state index in [2.05, 4.69) is 5.32 Å². The van der Waals surface area contributed by atoms with Crippen LogP contribution in [0.15, 0.2) is 36.4 Å². The molecular formula is C22H25Cl2F2N3O4S. The minimum absolute atomic E-state index is 0.178. The second kappa shape index (κ2) is 11.8. The molecule has 2 aromatic carbocycles. The van der Waals surface area contributed by atoms with Gasteiger partial charge in [-0.15, -0.1) is 0 Å². The van der Waals surface area contributed by atoms with Gasteiger partial charge >= 0.3 is 0 Å². The highest BCUT2D eigenvalue weighted by molar-refractivity contribution is 7.92. The minimum Gasteiger partial charge on any atom is -0.355 e. The third-order valence-corrected chi connectivity index (χ3v) is 6.85. The SMILES string of the molecule is CCNC(=O)[C@@H](CC)N(Cc1c(Cl)cccc1Cl)C(=O)CN(c1ccc(F)c(F)c1)S(C)(=O)=O. The number of benzene rings is 2. The maximum Gasteiger partial charge on any atom is 0.244 e. The number of amides is 2. The zero-order valence-electron chi connectivity index (χ0n) is 18.8. The summed E-state index contributed by atoms with van der Waals surface area (Å²) in [4.78, 5) is 27.3. The Labute approximate surface area is 207 Å². The summed E-state index contributed by atoms with van der Waals surface area (Å²) in [7, 11) is -4.08. The molecule has 7 nitrogen and oxygen atoms in total. The Morgan fingerprint density at radius 2 is 1.68 bits per heavy atom. The Morgan fingerprint density at radius 3 is 2.18 bits per heavy atom. The van der Waals surface area contributed by atoms with Crippen molar-refractivity contribution in [3.05, 3.63) is 63.6 Å². The number of sulfonamides is 1. The van der Waals surface area contributed by atoms with Gasteiger partial charge in [0.05, 0.1) is 11.9 Å². The van der Waals surface area contributed by atoms with Crippen LogP contribution in [0.3, 0.4) is 0 Å². The number of likely N-dealkylation sites (N-methyl/N-ethyl adjacent to an activating group) is 1. The fourth-order valence-electron chi connectivity index (χ4n) is 3.32. The number of nitrogens with zero attached hydrogens (tertiary/aromatic N) is 2. The molecule has 0 fully saturated rings. The van der Waals surface area contributed by atoms with Gasteiger partial charge in [0.1, 0.15) is 12.6 Å². The van der Waals surface area contributed by atoms with Gasteiger partial charge in [-0.2, -0.15) is 0 Å². The van der Waals surface area contributed by atoms with E-state index >= 15 is 0 Å². The summed E-state index contributed by atoms with van der Waals surface area (Å²) < 4.78 is 52.7. The molecule has 0 aliphatic rings. The summed E-state index contributed by atoms with van der Waals surface area (Å²) in [6.45, 7) is 2.78. The van der Waals surface area contributed by atoms with Crippen LogP contribution in [0.5, 0.6) is 0 Å². The van der Waals surface area contributed by atoms with E-state index in [0.717, 1.165) is 18.4 Å². The predicted molar refractivity (Wildman–Crippen MR) is 128 cm³/mol. The maximum atomic E-state index is 13.8. The van der Waals surface area contributed by atoms with Crippen LogP contribution in [0.25, 0.3) is 0 Å². The molecule has 2 amide bonds. The van der Waals surface area contributed by atoms with Crippen LogP contribution in [0.4, 0.5) is 14.5 Å². The molecule has 0 radical (unpaired) electrons. The number of hydrogen-bond acceptors (Lipinski definition) is 4. The molecule has 0 unspecified atom stereocenters. The van der Waals surface area contributed by atoms with Gasteiger partial charge in [0.2, 0.25) is 21.8 Å². The number of carbonyl (C=O) groups excluding carboxylic acids is 2. The molecule has 0 aliphatic heterocycles. The summed E-state index contributed by atoms with van der Waals surface area (Å²) in [5.41, 5.74) is 0.136. The summed E-state index contributed by atoms with van der Waals surface area (Å²) in [6, 6.07) is 6.29. The van der Waals surface area contributed by atoms with Crippen LogP contribution in [0.1, 0.15) is 25.8 Å². The highest BCUT2D eigenvalue weighted by Crippen LogP contribution is 2.28. The highest BCUT2D eigenvalue weighted by atomic mass is 35.5. The van der Waals surface area contributed by atoms with E-state index in [4.69, 9.17) is 23.2 Å². The molecule has 12 heteroatoms. The molecule has 2 aromatic rings. The molecule has 0 bridgehead atoms. The standard InChI is InChI=1S/C22H25Cl2F2N3O4S/c1-4-20(22(31)27-5-2)28(12-15-16(23)7-6-8-17(15)24)21(30)13-29(34(3,32)33)14-9-10-18(25)19(26)11-14/h6-11,20H,4-5,12-13H2,1-3H3,(H,27,31)/t20-/m1/s1. The van der Waals surface area contributed by atoms with Crippen LogP contribution in [0.2, 0.25) is 10.0 Å². The lowest BCUT2D eigenvalue weighted by Crippen LogP contribution is -2.52. The quantitative estimate of drug-likeness (QED) is 0.498. The summed E-state index contributed by atoms with van der Waals surface area (Å²) in [6.07, 6.45) is 1.04. The average molecular weight is 536 g/mol. The van der Waals surface area contributed by atoms with Gasteiger partial charge in [0.25, 0.3) is 0 Å². The van der Waals surface area contributed by atoms with Crippen molar-refractivity contribution in [2.75, 3.05) is 23.7 Å². The largest absolute Gasteiger partial charge is 0.355 e. The van der Waals surface area contributed by atoms with Crippen LogP contribution in [-0.2, 0) is 26.2 Å². The normalized spacial score (nSPS) is 12.2. The van der Waals surface area contributed by atoms with Gasteiger partial charge in [-0.3, -0.25) is 13.9 Å². The highest BCUT2D eigenvalue weighted by Gasteiger charge is 2.32. The summed E-state index contributed by atoms with van der Waals surface area (Å²) >= 11 is 12.5. The first-order valence-electron chi connectivity index (χ1n) is 10.3. The number of rotatable bonds is 10. The third kappa shape index (κ3) is 6.80. The van der Waals surface area contributed by atoms with E-state index in [1.54, 1.807) is 32.0 Å². The minimum atomic E-state index is -4.08. The lowest BCUT2D eigenvalue weighted by atomic mass is 10.1. The Bertz CT molecular complexity index is 1140. The molecule has 34 heavy (non-hydrogen) atoms. The Kier molecular flexibility index (Phi) is 9.66. The van der Waals surface area contributed by atoms with Crippen molar-refractivity contribution < 1.29 is 26.8 Å².